The van der Waals surface area contributed by atoms with E-state index < -0.39 is 10.0 Å². The number of aromatic nitrogens is 2. The van der Waals surface area contributed by atoms with Gasteiger partial charge in [0, 0.05) is 24.0 Å². The number of nitrogens with zero attached hydrogens (tertiary/aromatic N) is 2. The number of carbonyl (C=O) groups excluding carboxylic acids is 1. The normalized spacial score (nSPS) is 10.6. The predicted octanol–water partition coefficient (Wildman–Crippen LogP) is 3.59. The van der Waals surface area contributed by atoms with Gasteiger partial charge in [0.25, 0.3) is 10.0 Å². The summed E-state index contributed by atoms with van der Waals surface area (Å²) in [5.41, 5.74) is 2.19. The molecule has 0 aliphatic heterocycles. The lowest BCUT2D eigenvalue weighted by Crippen LogP contribution is -2.16. The molecule has 0 radical (unpaired) electrons. The molecule has 1 heterocycles. The molecule has 31 heavy (non-hydrogen) atoms. The first-order valence-electron chi connectivity index (χ1n) is 9.21. The number of rotatable bonds is 8. The van der Waals surface area contributed by atoms with Gasteiger partial charge in [0.2, 0.25) is 11.9 Å². The largest absolute Gasteiger partial charge is 0.497 e. The predicted molar refractivity (Wildman–Crippen MR) is 121 cm³/mol. The summed E-state index contributed by atoms with van der Waals surface area (Å²) in [5, 5.41) is 2.77. The molecule has 8 nitrogen and oxygen atoms in total. The van der Waals surface area contributed by atoms with Gasteiger partial charge in [-0.1, -0.05) is 12.1 Å². The van der Waals surface area contributed by atoms with E-state index in [1.165, 1.54) is 30.5 Å². The van der Waals surface area contributed by atoms with Crippen LogP contribution >= 0.6 is 12.4 Å². The zero-order valence-electron chi connectivity index (χ0n) is 17.0. The number of methoxy groups -OCH3 is 1. The maximum atomic E-state index is 12.5. The first kappa shape index (κ1) is 24.1. The number of nitrogens with one attached hydrogen (secondary N) is 2. The molecule has 0 fully saturated rings. The fourth-order valence-corrected chi connectivity index (χ4v) is 3.62. The molecule has 2 N–H and O–H groups in total. The summed E-state index contributed by atoms with van der Waals surface area (Å²) in [6.07, 6.45) is 2.37. The highest BCUT2D eigenvalue weighted by Crippen LogP contribution is 2.17. The molecule has 0 atom stereocenters. The molecule has 0 bridgehead atoms. The Morgan fingerprint density at radius 3 is 2.32 bits per heavy atom. The molecule has 1 amide bonds. The van der Waals surface area contributed by atoms with E-state index in [1.54, 1.807) is 20.1 Å². The molecule has 0 aliphatic rings. The van der Waals surface area contributed by atoms with Gasteiger partial charge in [-0.2, -0.15) is 0 Å². The fraction of sp³-hybridized carbons (Fsp3) is 0.190. The van der Waals surface area contributed by atoms with Gasteiger partial charge in [-0.05, 0) is 61.4 Å². The van der Waals surface area contributed by atoms with Crippen LogP contribution in [0, 0.1) is 6.92 Å². The summed E-state index contributed by atoms with van der Waals surface area (Å²) in [7, 11) is -2.22. The van der Waals surface area contributed by atoms with Crippen LogP contribution in [0.15, 0.2) is 65.7 Å². The molecule has 0 saturated carbocycles. The third kappa shape index (κ3) is 6.94. The van der Waals surface area contributed by atoms with Crippen molar-refractivity contribution in [3.05, 3.63) is 72.1 Å². The van der Waals surface area contributed by atoms with Crippen LogP contribution in [0.25, 0.3) is 0 Å². The summed E-state index contributed by atoms with van der Waals surface area (Å²) in [4.78, 5) is 20.2. The van der Waals surface area contributed by atoms with Gasteiger partial charge < -0.3 is 10.1 Å². The summed E-state index contributed by atoms with van der Waals surface area (Å²) >= 11 is 0. The van der Waals surface area contributed by atoms with Crippen molar-refractivity contribution >= 4 is 40.0 Å². The number of ether oxygens (including phenoxy) is 1. The number of sulfonamides is 1. The molecule has 0 unspecified atom stereocenters. The molecule has 2 aromatic carbocycles. The third-order valence-corrected chi connectivity index (χ3v) is 5.61. The number of carbonyl (C=O) groups is 1. The van der Waals surface area contributed by atoms with E-state index in [1.807, 2.05) is 24.3 Å². The molecular formula is C21H23ClN4O4S. The first-order chi connectivity index (χ1) is 14.4. The van der Waals surface area contributed by atoms with Crippen molar-refractivity contribution in [1.29, 1.82) is 0 Å². The Bertz CT molecular complexity index is 1120. The number of aryl methyl sites for hydroxylation is 2. The van der Waals surface area contributed by atoms with Gasteiger partial charge in [0.15, 0.2) is 0 Å². The van der Waals surface area contributed by atoms with Crippen LogP contribution in [0.5, 0.6) is 5.75 Å². The number of amides is 1. The molecule has 1 aromatic heterocycles. The highest BCUT2D eigenvalue weighted by atomic mass is 35.5. The van der Waals surface area contributed by atoms with Crippen LogP contribution in [0.2, 0.25) is 0 Å². The third-order valence-electron chi connectivity index (χ3n) is 4.27. The fourth-order valence-electron chi connectivity index (χ4n) is 2.67. The zero-order chi connectivity index (χ0) is 21.6. The molecule has 0 aliphatic carbocycles. The lowest BCUT2D eigenvalue weighted by atomic mass is 10.1. The van der Waals surface area contributed by atoms with E-state index in [-0.39, 0.29) is 29.2 Å². The Balaban J connectivity index is 0.00000341. The number of halogens is 1. The highest BCUT2D eigenvalue weighted by molar-refractivity contribution is 7.92. The standard InChI is InChI=1S/C21H22N4O4S.ClH/c1-15-13-14-22-21(23-15)25-30(27,28)19-10-6-17(7-11-19)24-20(26)12-5-16-3-8-18(29-2)9-4-16;/h3-4,6-11,13-14H,5,12H2,1-2H3,(H,24,26)(H,22,23,25);1H. The average molecular weight is 463 g/mol. The quantitative estimate of drug-likeness (QED) is 0.529. The van der Waals surface area contributed by atoms with Crippen molar-refractivity contribution in [3.63, 3.8) is 0 Å². The summed E-state index contributed by atoms with van der Waals surface area (Å²) < 4.78 is 32.4. The second-order valence-electron chi connectivity index (χ2n) is 6.55. The molecule has 0 saturated heterocycles. The van der Waals surface area contributed by atoms with Crippen molar-refractivity contribution in [3.8, 4) is 5.75 Å². The summed E-state index contributed by atoms with van der Waals surface area (Å²) in [5.74, 6) is 0.611. The van der Waals surface area contributed by atoms with Gasteiger partial charge in [-0.25, -0.2) is 23.1 Å². The lowest BCUT2D eigenvalue weighted by molar-refractivity contribution is -0.116. The van der Waals surface area contributed by atoms with Crippen LogP contribution in [-0.2, 0) is 21.2 Å². The molecule has 164 valence electrons. The highest BCUT2D eigenvalue weighted by Gasteiger charge is 2.16. The van der Waals surface area contributed by atoms with E-state index in [0.29, 0.717) is 24.2 Å². The van der Waals surface area contributed by atoms with Crippen molar-refractivity contribution in [2.24, 2.45) is 0 Å². The maximum absolute atomic E-state index is 12.5. The minimum absolute atomic E-state index is 0. The van der Waals surface area contributed by atoms with Crippen LogP contribution < -0.4 is 14.8 Å². The number of benzene rings is 2. The molecule has 0 spiro atoms. The van der Waals surface area contributed by atoms with Crippen LogP contribution in [0.3, 0.4) is 0 Å². The van der Waals surface area contributed by atoms with Crippen molar-refractivity contribution in [1.82, 2.24) is 9.97 Å². The van der Waals surface area contributed by atoms with Gasteiger partial charge in [-0.15, -0.1) is 12.4 Å². The maximum Gasteiger partial charge on any atom is 0.264 e. The minimum atomic E-state index is -3.83. The Kier molecular flexibility index (Phi) is 8.35. The topological polar surface area (TPSA) is 110 Å². The van der Waals surface area contributed by atoms with Crippen molar-refractivity contribution in [2.75, 3.05) is 17.1 Å². The molecule has 3 rings (SSSR count). The first-order valence-corrected chi connectivity index (χ1v) is 10.7. The summed E-state index contributed by atoms with van der Waals surface area (Å²) in [6, 6.07) is 15.1. The van der Waals surface area contributed by atoms with E-state index in [4.69, 9.17) is 4.74 Å². The van der Waals surface area contributed by atoms with Gasteiger partial charge >= 0.3 is 0 Å². The van der Waals surface area contributed by atoms with E-state index in [9.17, 15) is 13.2 Å². The summed E-state index contributed by atoms with van der Waals surface area (Å²) in [6.45, 7) is 1.74. The van der Waals surface area contributed by atoms with E-state index >= 15 is 0 Å². The Morgan fingerprint density at radius 1 is 1.03 bits per heavy atom. The van der Waals surface area contributed by atoms with Crippen LogP contribution in [0.1, 0.15) is 17.7 Å². The van der Waals surface area contributed by atoms with Crippen LogP contribution in [0.4, 0.5) is 11.6 Å². The average Bonchev–Trinajstić information content (AvgIpc) is 2.73. The van der Waals surface area contributed by atoms with Crippen LogP contribution in [-0.4, -0.2) is 31.4 Å². The number of hydrogen-bond donors (Lipinski definition) is 2. The van der Waals surface area contributed by atoms with Gasteiger partial charge in [-0.3, -0.25) is 4.79 Å². The Morgan fingerprint density at radius 2 is 1.71 bits per heavy atom. The monoisotopic (exact) mass is 462 g/mol. The molecule has 10 heteroatoms. The van der Waals surface area contributed by atoms with E-state index in [0.717, 1.165) is 11.3 Å². The molecule has 3 aromatic rings. The Hall–Kier alpha value is -3.17. The minimum Gasteiger partial charge on any atom is -0.497 e. The second-order valence-corrected chi connectivity index (χ2v) is 8.23. The Labute approximate surface area is 187 Å². The van der Waals surface area contributed by atoms with Crippen molar-refractivity contribution < 1.29 is 17.9 Å². The van der Waals surface area contributed by atoms with Gasteiger partial charge in [0.05, 0.1) is 12.0 Å². The zero-order valence-corrected chi connectivity index (χ0v) is 18.7. The lowest BCUT2D eigenvalue weighted by Gasteiger charge is -2.09. The second kappa shape index (κ2) is 10.7. The van der Waals surface area contributed by atoms with Crippen molar-refractivity contribution in [2.45, 2.75) is 24.7 Å². The SMILES string of the molecule is COc1ccc(CCC(=O)Nc2ccc(S(=O)(=O)Nc3nccc(C)n3)cc2)cc1.Cl. The van der Waals surface area contributed by atoms with Gasteiger partial charge in [0.1, 0.15) is 5.75 Å². The number of anilines is 2. The number of hydrogen-bond acceptors (Lipinski definition) is 6. The van der Waals surface area contributed by atoms with E-state index in [2.05, 4.69) is 20.0 Å². The molecular weight excluding hydrogens is 440 g/mol. The smallest absolute Gasteiger partial charge is 0.264 e.